The molecule has 0 amide bonds. The maximum atomic E-state index is 7.40. The average molecular weight is 208 g/mol. The maximum Gasteiger partial charge on any atom is 0.316 e. The summed E-state index contributed by atoms with van der Waals surface area (Å²) in [5.74, 6) is 0.174. The largest absolute Gasteiger partial charge is 0.464 e. The van der Waals surface area contributed by atoms with E-state index in [-0.39, 0.29) is 11.8 Å². The number of nitrogens with two attached hydrogens (primary N) is 1. The van der Waals surface area contributed by atoms with Crippen LogP contribution in [0.25, 0.3) is 0 Å². The summed E-state index contributed by atoms with van der Waals surface area (Å²) in [6.45, 7) is 6.38. The fourth-order valence-electron chi connectivity index (χ4n) is 1.22. The third-order valence-electron chi connectivity index (χ3n) is 1.91. The molecule has 1 rings (SSSR count). The van der Waals surface area contributed by atoms with Crippen molar-refractivity contribution >= 4 is 5.84 Å². The smallest absolute Gasteiger partial charge is 0.316 e. The number of hydrogen-bond donors (Lipinski definition) is 2. The molecule has 0 aliphatic carbocycles. The lowest BCUT2D eigenvalue weighted by Crippen LogP contribution is -2.17. The van der Waals surface area contributed by atoms with E-state index in [2.05, 4.69) is 9.97 Å². The standard InChI is InChI=1S/C10H16N4O/c1-4-15-10-13-5-7(9(11)12)8(14-10)6(2)3/h5-6H,4H2,1-3H3,(H3,11,12). The Morgan fingerprint density at radius 1 is 1.60 bits per heavy atom. The van der Waals surface area contributed by atoms with Gasteiger partial charge in [-0.05, 0) is 12.8 Å². The van der Waals surface area contributed by atoms with Crippen LogP contribution in [0.2, 0.25) is 0 Å². The molecule has 0 unspecified atom stereocenters. The van der Waals surface area contributed by atoms with Gasteiger partial charge in [-0.3, -0.25) is 5.41 Å². The van der Waals surface area contributed by atoms with Crippen molar-refractivity contribution in [1.29, 1.82) is 5.41 Å². The lowest BCUT2D eigenvalue weighted by molar-refractivity contribution is 0.310. The molecule has 82 valence electrons. The van der Waals surface area contributed by atoms with Gasteiger partial charge in [-0.1, -0.05) is 13.8 Å². The van der Waals surface area contributed by atoms with Gasteiger partial charge in [0.05, 0.1) is 17.9 Å². The van der Waals surface area contributed by atoms with Crippen molar-refractivity contribution < 1.29 is 4.74 Å². The van der Waals surface area contributed by atoms with E-state index in [1.165, 1.54) is 6.20 Å². The zero-order valence-corrected chi connectivity index (χ0v) is 9.24. The van der Waals surface area contributed by atoms with Crippen LogP contribution in [-0.4, -0.2) is 22.4 Å². The summed E-state index contributed by atoms with van der Waals surface area (Å²) >= 11 is 0. The fraction of sp³-hybridized carbons (Fsp3) is 0.500. The molecule has 1 aromatic rings. The predicted octanol–water partition coefficient (Wildman–Crippen LogP) is 1.28. The van der Waals surface area contributed by atoms with Crippen molar-refractivity contribution in [2.45, 2.75) is 26.7 Å². The van der Waals surface area contributed by atoms with Crippen molar-refractivity contribution in [1.82, 2.24) is 9.97 Å². The Labute approximate surface area is 89.2 Å². The topological polar surface area (TPSA) is 84.9 Å². The normalized spacial score (nSPS) is 10.4. The first-order valence-corrected chi connectivity index (χ1v) is 4.90. The quantitative estimate of drug-likeness (QED) is 0.576. The highest BCUT2D eigenvalue weighted by Gasteiger charge is 2.13. The highest BCUT2D eigenvalue weighted by molar-refractivity contribution is 5.95. The second-order valence-corrected chi connectivity index (χ2v) is 3.45. The van der Waals surface area contributed by atoms with Crippen LogP contribution in [0.15, 0.2) is 6.20 Å². The summed E-state index contributed by atoms with van der Waals surface area (Å²) in [6, 6.07) is 0.339. The molecular weight excluding hydrogens is 192 g/mol. The summed E-state index contributed by atoms with van der Waals surface area (Å²) in [5.41, 5.74) is 6.77. The van der Waals surface area contributed by atoms with Gasteiger partial charge in [0, 0.05) is 6.20 Å². The second-order valence-electron chi connectivity index (χ2n) is 3.45. The van der Waals surface area contributed by atoms with Crippen LogP contribution in [0.5, 0.6) is 6.01 Å². The molecule has 0 radical (unpaired) electrons. The number of aromatic nitrogens is 2. The third kappa shape index (κ3) is 2.65. The van der Waals surface area contributed by atoms with Gasteiger partial charge in [0.1, 0.15) is 5.84 Å². The average Bonchev–Trinajstić information content (AvgIpc) is 2.17. The second kappa shape index (κ2) is 4.72. The molecule has 15 heavy (non-hydrogen) atoms. The maximum absolute atomic E-state index is 7.40. The Hall–Kier alpha value is -1.65. The van der Waals surface area contributed by atoms with Gasteiger partial charge in [0.2, 0.25) is 0 Å². The molecule has 1 heterocycles. The zero-order valence-electron chi connectivity index (χ0n) is 9.24. The molecule has 0 saturated carbocycles. The summed E-state index contributed by atoms with van der Waals surface area (Å²) < 4.78 is 5.20. The molecule has 3 N–H and O–H groups in total. The molecule has 5 heteroatoms. The van der Waals surface area contributed by atoms with E-state index >= 15 is 0 Å². The summed E-state index contributed by atoms with van der Waals surface area (Å²) in [4.78, 5) is 8.21. The summed E-state index contributed by atoms with van der Waals surface area (Å²) in [5, 5.41) is 7.40. The Morgan fingerprint density at radius 3 is 2.73 bits per heavy atom. The highest BCUT2D eigenvalue weighted by atomic mass is 16.5. The van der Waals surface area contributed by atoms with Gasteiger partial charge in [0.15, 0.2) is 0 Å². The van der Waals surface area contributed by atoms with E-state index in [4.69, 9.17) is 15.9 Å². The Balaban J connectivity index is 3.15. The van der Waals surface area contributed by atoms with Crippen LogP contribution >= 0.6 is 0 Å². The number of rotatable bonds is 4. The Morgan fingerprint density at radius 2 is 2.27 bits per heavy atom. The molecule has 0 saturated heterocycles. The minimum atomic E-state index is -0.0123. The molecule has 0 aliphatic heterocycles. The van der Waals surface area contributed by atoms with Gasteiger partial charge >= 0.3 is 6.01 Å². The number of hydrogen-bond acceptors (Lipinski definition) is 4. The van der Waals surface area contributed by atoms with E-state index in [0.717, 1.165) is 5.69 Å². The first-order chi connectivity index (χ1) is 7.06. The van der Waals surface area contributed by atoms with E-state index in [9.17, 15) is 0 Å². The third-order valence-corrected chi connectivity index (χ3v) is 1.91. The van der Waals surface area contributed by atoms with E-state index in [1.807, 2.05) is 20.8 Å². The van der Waals surface area contributed by atoms with Crippen molar-refractivity contribution in [3.05, 3.63) is 17.5 Å². The molecule has 0 aromatic carbocycles. The number of nitrogens with zero attached hydrogens (tertiary/aromatic N) is 2. The molecule has 1 aromatic heterocycles. The highest BCUT2D eigenvalue weighted by Crippen LogP contribution is 2.18. The van der Waals surface area contributed by atoms with Gasteiger partial charge in [-0.15, -0.1) is 0 Å². The number of ether oxygens (including phenoxy) is 1. The van der Waals surface area contributed by atoms with Crippen LogP contribution < -0.4 is 10.5 Å². The Kier molecular flexibility index (Phi) is 3.60. The van der Waals surface area contributed by atoms with Crippen molar-refractivity contribution in [2.24, 2.45) is 5.73 Å². The lowest BCUT2D eigenvalue weighted by atomic mass is 10.0. The monoisotopic (exact) mass is 208 g/mol. The van der Waals surface area contributed by atoms with Crippen LogP contribution in [0, 0.1) is 5.41 Å². The van der Waals surface area contributed by atoms with Crippen LogP contribution in [0.1, 0.15) is 37.9 Å². The molecule has 0 bridgehead atoms. The number of amidine groups is 1. The van der Waals surface area contributed by atoms with Crippen LogP contribution in [0.4, 0.5) is 0 Å². The van der Waals surface area contributed by atoms with Gasteiger partial charge in [-0.25, -0.2) is 4.98 Å². The Bertz CT molecular complexity index is 362. The molecule has 0 atom stereocenters. The lowest BCUT2D eigenvalue weighted by Gasteiger charge is -2.11. The van der Waals surface area contributed by atoms with Gasteiger partial charge in [-0.2, -0.15) is 4.98 Å². The molecule has 0 fully saturated rings. The minimum Gasteiger partial charge on any atom is -0.464 e. The number of nitrogen functional groups attached to an aromatic ring is 1. The van der Waals surface area contributed by atoms with Crippen LogP contribution in [0.3, 0.4) is 0 Å². The summed E-state index contributed by atoms with van der Waals surface area (Å²) in [6.07, 6.45) is 1.54. The fourth-order valence-corrected chi connectivity index (χ4v) is 1.22. The first kappa shape index (κ1) is 11.4. The molecular formula is C10H16N4O. The van der Waals surface area contributed by atoms with Crippen molar-refractivity contribution in [2.75, 3.05) is 6.61 Å². The van der Waals surface area contributed by atoms with Crippen molar-refractivity contribution in [3.63, 3.8) is 0 Å². The molecule has 5 nitrogen and oxygen atoms in total. The number of nitrogens with one attached hydrogen (secondary N) is 1. The van der Waals surface area contributed by atoms with E-state index < -0.39 is 0 Å². The van der Waals surface area contributed by atoms with Gasteiger partial charge < -0.3 is 10.5 Å². The first-order valence-electron chi connectivity index (χ1n) is 4.90. The predicted molar refractivity (Wildman–Crippen MR) is 58.3 cm³/mol. The van der Waals surface area contributed by atoms with Crippen LogP contribution in [-0.2, 0) is 0 Å². The molecule has 0 aliphatic rings. The zero-order chi connectivity index (χ0) is 11.4. The SMILES string of the molecule is CCOc1ncc(C(=N)N)c(C(C)C)n1. The molecule has 0 spiro atoms. The van der Waals surface area contributed by atoms with E-state index in [0.29, 0.717) is 18.2 Å². The van der Waals surface area contributed by atoms with E-state index in [1.54, 1.807) is 0 Å². The minimum absolute atomic E-state index is 0.0123. The van der Waals surface area contributed by atoms with Gasteiger partial charge in [0.25, 0.3) is 0 Å². The summed E-state index contributed by atoms with van der Waals surface area (Å²) in [7, 11) is 0. The van der Waals surface area contributed by atoms with Crippen molar-refractivity contribution in [3.8, 4) is 6.01 Å².